The maximum absolute atomic E-state index is 12.3. The zero-order valence-electron chi connectivity index (χ0n) is 12.0. The molecule has 1 aromatic rings. The van der Waals surface area contributed by atoms with Gasteiger partial charge in [0.1, 0.15) is 6.54 Å². The standard InChI is InChI=1S/C15H22N4O2/c16-14(20)11-19(13-7-4-8-17-10-13)15(21)18-9-12-5-2-1-3-6-12/h1-3,5-6,13,17H,4,7-11H2,(H2,16,20)(H,18,21). The lowest BCUT2D eigenvalue weighted by Crippen LogP contribution is -2.54. The number of carbonyl (C=O) groups excluding carboxylic acids is 2. The van der Waals surface area contributed by atoms with Crippen LogP contribution in [0.3, 0.4) is 0 Å². The molecule has 1 atom stereocenters. The lowest BCUT2D eigenvalue weighted by atomic mass is 10.1. The topological polar surface area (TPSA) is 87.5 Å². The maximum Gasteiger partial charge on any atom is 0.318 e. The molecule has 6 nitrogen and oxygen atoms in total. The molecule has 21 heavy (non-hydrogen) atoms. The van der Waals surface area contributed by atoms with Gasteiger partial charge in [0.2, 0.25) is 5.91 Å². The van der Waals surface area contributed by atoms with Crippen LogP contribution in [-0.2, 0) is 11.3 Å². The molecule has 1 fully saturated rings. The van der Waals surface area contributed by atoms with Crippen LogP contribution in [0.4, 0.5) is 4.79 Å². The fraction of sp³-hybridized carbons (Fsp3) is 0.467. The van der Waals surface area contributed by atoms with Crippen LogP contribution in [-0.4, -0.2) is 42.5 Å². The Kier molecular flexibility index (Phi) is 5.57. The van der Waals surface area contributed by atoms with Gasteiger partial charge < -0.3 is 21.3 Å². The molecule has 114 valence electrons. The quantitative estimate of drug-likeness (QED) is 0.735. The summed E-state index contributed by atoms with van der Waals surface area (Å²) < 4.78 is 0. The van der Waals surface area contributed by atoms with Gasteiger partial charge >= 0.3 is 6.03 Å². The normalized spacial score (nSPS) is 18.0. The van der Waals surface area contributed by atoms with Crippen molar-refractivity contribution in [2.75, 3.05) is 19.6 Å². The smallest absolute Gasteiger partial charge is 0.318 e. The Balaban J connectivity index is 1.94. The van der Waals surface area contributed by atoms with Crippen molar-refractivity contribution in [1.82, 2.24) is 15.5 Å². The van der Waals surface area contributed by atoms with Crippen molar-refractivity contribution in [3.63, 3.8) is 0 Å². The molecule has 1 aliphatic rings. The highest BCUT2D eigenvalue weighted by atomic mass is 16.2. The van der Waals surface area contributed by atoms with Gasteiger partial charge in [-0.15, -0.1) is 0 Å². The number of amides is 3. The van der Waals surface area contributed by atoms with Crippen LogP contribution in [0, 0.1) is 0 Å². The Morgan fingerprint density at radius 2 is 2.10 bits per heavy atom. The van der Waals surface area contributed by atoms with Crippen molar-refractivity contribution < 1.29 is 9.59 Å². The molecule has 6 heteroatoms. The summed E-state index contributed by atoms with van der Waals surface area (Å²) in [6.45, 7) is 2.04. The fourth-order valence-corrected chi connectivity index (χ4v) is 2.51. The molecule has 1 saturated heterocycles. The van der Waals surface area contributed by atoms with Crippen molar-refractivity contribution in [1.29, 1.82) is 0 Å². The van der Waals surface area contributed by atoms with Crippen LogP contribution in [0.5, 0.6) is 0 Å². The second-order valence-electron chi connectivity index (χ2n) is 5.24. The first kappa shape index (κ1) is 15.3. The summed E-state index contributed by atoms with van der Waals surface area (Å²) in [6.07, 6.45) is 1.88. The summed E-state index contributed by atoms with van der Waals surface area (Å²) in [5.74, 6) is -0.490. The average Bonchev–Trinajstić information content (AvgIpc) is 2.52. The first-order chi connectivity index (χ1) is 10.2. The summed E-state index contributed by atoms with van der Waals surface area (Å²) in [6, 6.07) is 9.44. The van der Waals surface area contributed by atoms with E-state index in [2.05, 4.69) is 10.6 Å². The van der Waals surface area contributed by atoms with Crippen LogP contribution >= 0.6 is 0 Å². The maximum atomic E-state index is 12.3. The molecule has 0 radical (unpaired) electrons. The van der Waals surface area contributed by atoms with Crippen LogP contribution in [0.25, 0.3) is 0 Å². The Hall–Kier alpha value is -2.08. The van der Waals surface area contributed by atoms with Crippen molar-refractivity contribution in [3.8, 4) is 0 Å². The molecule has 2 rings (SSSR count). The number of primary amides is 1. The highest BCUT2D eigenvalue weighted by molar-refractivity contribution is 5.83. The van der Waals surface area contributed by atoms with Gasteiger partial charge in [-0.25, -0.2) is 4.79 Å². The van der Waals surface area contributed by atoms with Crippen molar-refractivity contribution >= 4 is 11.9 Å². The van der Waals surface area contributed by atoms with Gasteiger partial charge in [-0.1, -0.05) is 30.3 Å². The fourth-order valence-electron chi connectivity index (χ4n) is 2.51. The predicted octanol–water partition coefficient (Wildman–Crippen LogP) is 0.435. The number of nitrogens with zero attached hydrogens (tertiary/aromatic N) is 1. The molecule has 0 aromatic heterocycles. The zero-order valence-corrected chi connectivity index (χ0v) is 12.0. The summed E-state index contributed by atoms with van der Waals surface area (Å²) >= 11 is 0. The Labute approximate surface area is 124 Å². The third kappa shape index (κ3) is 4.75. The largest absolute Gasteiger partial charge is 0.368 e. The lowest BCUT2D eigenvalue weighted by Gasteiger charge is -2.33. The van der Waals surface area contributed by atoms with Gasteiger partial charge in [0, 0.05) is 19.1 Å². The van der Waals surface area contributed by atoms with Crippen molar-refractivity contribution in [2.24, 2.45) is 5.73 Å². The molecule has 0 saturated carbocycles. The number of piperidine rings is 1. The number of carbonyl (C=O) groups is 2. The van der Waals surface area contributed by atoms with E-state index in [9.17, 15) is 9.59 Å². The summed E-state index contributed by atoms with van der Waals surface area (Å²) in [4.78, 5) is 25.1. The van der Waals surface area contributed by atoms with Crippen LogP contribution < -0.4 is 16.4 Å². The van der Waals surface area contributed by atoms with Crippen molar-refractivity contribution in [2.45, 2.75) is 25.4 Å². The van der Waals surface area contributed by atoms with Crippen molar-refractivity contribution in [3.05, 3.63) is 35.9 Å². The molecule has 1 aliphatic heterocycles. The molecule has 1 unspecified atom stereocenters. The first-order valence-electron chi connectivity index (χ1n) is 7.24. The molecule has 4 N–H and O–H groups in total. The summed E-state index contributed by atoms with van der Waals surface area (Å²) in [5.41, 5.74) is 6.28. The number of nitrogens with two attached hydrogens (primary N) is 1. The van der Waals surface area contributed by atoms with Gasteiger partial charge in [0.05, 0.1) is 0 Å². The Morgan fingerprint density at radius 3 is 2.71 bits per heavy atom. The summed E-state index contributed by atoms with van der Waals surface area (Å²) in [7, 11) is 0. The van der Waals surface area contributed by atoms with E-state index in [1.807, 2.05) is 30.3 Å². The van der Waals surface area contributed by atoms with Crippen LogP contribution in [0.2, 0.25) is 0 Å². The third-order valence-electron chi connectivity index (χ3n) is 3.59. The third-order valence-corrected chi connectivity index (χ3v) is 3.59. The highest BCUT2D eigenvalue weighted by Crippen LogP contribution is 2.10. The number of benzene rings is 1. The monoisotopic (exact) mass is 290 g/mol. The second-order valence-corrected chi connectivity index (χ2v) is 5.24. The van der Waals surface area contributed by atoms with Gasteiger partial charge in [-0.3, -0.25) is 4.79 Å². The molecule has 0 spiro atoms. The van der Waals surface area contributed by atoms with E-state index in [1.165, 1.54) is 4.90 Å². The predicted molar refractivity (Wildman–Crippen MR) is 80.5 cm³/mol. The highest BCUT2D eigenvalue weighted by Gasteiger charge is 2.26. The second kappa shape index (κ2) is 7.64. The minimum Gasteiger partial charge on any atom is -0.368 e. The first-order valence-corrected chi connectivity index (χ1v) is 7.24. The Morgan fingerprint density at radius 1 is 1.33 bits per heavy atom. The van der Waals surface area contributed by atoms with Crippen LogP contribution in [0.15, 0.2) is 30.3 Å². The van der Waals surface area contributed by atoms with E-state index >= 15 is 0 Å². The molecule has 1 aromatic carbocycles. The molecule has 0 aliphatic carbocycles. The number of hydrogen-bond acceptors (Lipinski definition) is 3. The van der Waals surface area contributed by atoms with E-state index in [1.54, 1.807) is 0 Å². The SMILES string of the molecule is NC(=O)CN(C(=O)NCc1ccccc1)C1CCCNC1. The zero-order chi connectivity index (χ0) is 15.1. The molecular formula is C15H22N4O2. The summed E-state index contributed by atoms with van der Waals surface area (Å²) in [5, 5.41) is 6.10. The van der Waals surface area contributed by atoms with Gasteiger partial charge in [-0.05, 0) is 24.9 Å². The number of nitrogens with one attached hydrogen (secondary N) is 2. The number of rotatable bonds is 5. The van der Waals surface area contributed by atoms with E-state index in [0.29, 0.717) is 13.1 Å². The van der Waals surface area contributed by atoms with Crippen LogP contribution in [0.1, 0.15) is 18.4 Å². The average molecular weight is 290 g/mol. The molecule has 0 bridgehead atoms. The molecule has 3 amide bonds. The lowest BCUT2D eigenvalue weighted by molar-refractivity contribution is -0.119. The van der Waals surface area contributed by atoms with E-state index in [4.69, 9.17) is 5.73 Å². The van der Waals surface area contributed by atoms with E-state index in [0.717, 1.165) is 24.9 Å². The van der Waals surface area contributed by atoms with Gasteiger partial charge in [0.15, 0.2) is 0 Å². The minimum absolute atomic E-state index is 0.0158. The van der Waals surface area contributed by atoms with Gasteiger partial charge in [-0.2, -0.15) is 0 Å². The minimum atomic E-state index is -0.490. The number of hydrogen-bond donors (Lipinski definition) is 3. The van der Waals surface area contributed by atoms with E-state index < -0.39 is 5.91 Å². The molecule has 1 heterocycles. The molecular weight excluding hydrogens is 268 g/mol. The van der Waals surface area contributed by atoms with Gasteiger partial charge in [0.25, 0.3) is 0 Å². The Bertz CT molecular complexity index is 472. The number of urea groups is 1. The van der Waals surface area contributed by atoms with E-state index in [-0.39, 0.29) is 18.6 Å².